The van der Waals surface area contributed by atoms with E-state index in [0.717, 1.165) is 11.3 Å². The monoisotopic (exact) mass is 338 g/mol. The van der Waals surface area contributed by atoms with Crippen molar-refractivity contribution >= 4 is 17.9 Å². The van der Waals surface area contributed by atoms with Crippen molar-refractivity contribution in [3.63, 3.8) is 0 Å². The molecule has 0 spiro atoms. The molecule has 0 aliphatic carbocycles. The van der Waals surface area contributed by atoms with Crippen LogP contribution in [0.2, 0.25) is 0 Å². The van der Waals surface area contributed by atoms with Gasteiger partial charge in [0.05, 0.1) is 0 Å². The van der Waals surface area contributed by atoms with Crippen LogP contribution in [0, 0.1) is 6.92 Å². The molecule has 130 valence electrons. The maximum Gasteiger partial charge on any atom is 0.289 e. The quantitative estimate of drug-likeness (QED) is 0.786. The van der Waals surface area contributed by atoms with Crippen molar-refractivity contribution in [3.05, 3.63) is 65.8 Å². The Morgan fingerprint density at radius 3 is 2.60 bits per heavy atom. The first kappa shape index (κ1) is 18.3. The first-order valence-electron chi connectivity index (χ1n) is 8.07. The van der Waals surface area contributed by atoms with Crippen LogP contribution in [0.15, 0.2) is 43.1 Å². The Kier molecular flexibility index (Phi) is 6.39. The number of hydrogen-bond acceptors (Lipinski definition) is 4. The summed E-state index contributed by atoms with van der Waals surface area (Å²) < 4.78 is 0. The topological polar surface area (TPSA) is 75.2 Å². The summed E-state index contributed by atoms with van der Waals surface area (Å²) in [6.07, 6.45) is 3.93. The summed E-state index contributed by atoms with van der Waals surface area (Å²) in [5, 5.41) is 2.76. The molecule has 0 bridgehead atoms. The van der Waals surface area contributed by atoms with Crippen molar-refractivity contribution in [1.82, 2.24) is 20.2 Å². The SMILES string of the molecule is C=Cc1ccc(C(=O)N(C)CCCNC(=O)c2nccc(C)n2)cc1. The molecule has 0 saturated carbocycles. The molecule has 0 radical (unpaired) electrons. The van der Waals surface area contributed by atoms with Crippen LogP contribution < -0.4 is 5.32 Å². The Bertz CT molecular complexity index is 756. The number of carbonyl (C=O) groups excluding carboxylic acids is 2. The summed E-state index contributed by atoms with van der Waals surface area (Å²) in [6.45, 7) is 6.49. The highest BCUT2D eigenvalue weighted by Crippen LogP contribution is 2.08. The fourth-order valence-corrected chi connectivity index (χ4v) is 2.24. The number of hydrogen-bond donors (Lipinski definition) is 1. The maximum absolute atomic E-state index is 12.3. The number of amides is 2. The molecule has 0 atom stereocenters. The van der Waals surface area contributed by atoms with E-state index in [-0.39, 0.29) is 17.6 Å². The normalized spacial score (nSPS) is 10.2. The Hall–Kier alpha value is -3.02. The number of carbonyl (C=O) groups is 2. The molecule has 0 unspecified atom stereocenters. The fraction of sp³-hybridized carbons (Fsp3) is 0.263. The van der Waals surface area contributed by atoms with Crippen LogP contribution in [-0.4, -0.2) is 46.8 Å². The average molecular weight is 338 g/mol. The third-order valence-electron chi connectivity index (χ3n) is 3.69. The van der Waals surface area contributed by atoms with Gasteiger partial charge in [-0.05, 0) is 37.1 Å². The number of benzene rings is 1. The first-order valence-corrected chi connectivity index (χ1v) is 8.07. The second-order valence-corrected chi connectivity index (χ2v) is 5.68. The zero-order valence-corrected chi connectivity index (χ0v) is 14.5. The Balaban J connectivity index is 1.77. The van der Waals surface area contributed by atoms with Crippen LogP contribution in [-0.2, 0) is 0 Å². The average Bonchev–Trinajstić information content (AvgIpc) is 2.64. The summed E-state index contributed by atoms with van der Waals surface area (Å²) in [6, 6.07) is 9.02. The Morgan fingerprint density at radius 2 is 1.96 bits per heavy atom. The van der Waals surface area contributed by atoms with Crippen molar-refractivity contribution in [2.45, 2.75) is 13.3 Å². The summed E-state index contributed by atoms with van der Waals surface area (Å²) in [5.41, 5.74) is 2.35. The molecule has 6 nitrogen and oxygen atoms in total. The largest absolute Gasteiger partial charge is 0.349 e. The van der Waals surface area contributed by atoms with Gasteiger partial charge in [0.1, 0.15) is 0 Å². The molecule has 0 aliphatic rings. The molecular weight excluding hydrogens is 316 g/mol. The second-order valence-electron chi connectivity index (χ2n) is 5.68. The third-order valence-corrected chi connectivity index (χ3v) is 3.69. The van der Waals surface area contributed by atoms with Crippen LogP contribution in [0.25, 0.3) is 6.08 Å². The van der Waals surface area contributed by atoms with E-state index in [1.165, 1.54) is 0 Å². The Morgan fingerprint density at radius 1 is 1.24 bits per heavy atom. The third kappa shape index (κ3) is 5.24. The standard InChI is InChI=1S/C19H22N4O2/c1-4-15-6-8-16(9-7-15)19(25)23(3)13-5-11-21-18(24)17-20-12-10-14(2)22-17/h4,6-10,12H,1,5,11,13H2,2-3H3,(H,21,24). The highest BCUT2D eigenvalue weighted by Gasteiger charge is 2.12. The van der Waals surface area contributed by atoms with E-state index in [4.69, 9.17) is 0 Å². The number of nitrogens with one attached hydrogen (secondary N) is 1. The Labute approximate surface area is 147 Å². The summed E-state index contributed by atoms with van der Waals surface area (Å²) >= 11 is 0. The van der Waals surface area contributed by atoms with Crippen LogP contribution in [0.4, 0.5) is 0 Å². The van der Waals surface area contributed by atoms with Crippen molar-refractivity contribution in [1.29, 1.82) is 0 Å². The van der Waals surface area contributed by atoms with Gasteiger partial charge in [-0.25, -0.2) is 9.97 Å². The van der Waals surface area contributed by atoms with Gasteiger partial charge in [0.15, 0.2) is 0 Å². The summed E-state index contributed by atoms with van der Waals surface area (Å²) in [5.74, 6) is -0.201. The molecule has 1 aromatic heterocycles. The predicted molar refractivity (Wildman–Crippen MR) is 97.2 cm³/mol. The van der Waals surface area contributed by atoms with Gasteiger partial charge in [0.25, 0.3) is 11.8 Å². The lowest BCUT2D eigenvalue weighted by Crippen LogP contribution is -2.32. The van der Waals surface area contributed by atoms with Gasteiger partial charge in [-0.1, -0.05) is 24.8 Å². The van der Waals surface area contributed by atoms with Crippen LogP contribution in [0.5, 0.6) is 0 Å². The lowest BCUT2D eigenvalue weighted by Gasteiger charge is -2.17. The smallest absolute Gasteiger partial charge is 0.289 e. The number of aromatic nitrogens is 2. The van der Waals surface area contributed by atoms with E-state index < -0.39 is 0 Å². The molecule has 2 rings (SSSR count). The van der Waals surface area contributed by atoms with E-state index in [2.05, 4.69) is 21.9 Å². The second kappa shape index (κ2) is 8.73. The molecule has 2 aromatic rings. The van der Waals surface area contributed by atoms with E-state index in [9.17, 15) is 9.59 Å². The van der Waals surface area contributed by atoms with E-state index in [1.807, 2.05) is 12.1 Å². The van der Waals surface area contributed by atoms with Crippen molar-refractivity contribution in [2.75, 3.05) is 20.1 Å². The molecule has 1 aromatic carbocycles. The summed E-state index contributed by atoms with van der Waals surface area (Å²) in [7, 11) is 1.75. The van der Waals surface area contributed by atoms with Crippen molar-refractivity contribution in [2.24, 2.45) is 0 Å². The van der Waals surface area contributed by atoms with Gasteiger partial charge in [-0.3, -0.25) is 9.59 Å². The van der Waals surface area contributed by atoms with Gasteiger partial charge < -0.3 is 10.2 Å². The maximum atomic E-state index is 12.3. The highest BCUT2D eigenvalue weighted by molar-refractivity contribution is 5.94. The molecule has 2 amide bonds. The minimum absolute atomic E-state index is 0.0519. The highest BCUT2D eigenvalue weighted by atomic mass is 16.2. The van der Waals surface area contributed by atoms with E-state index in [0.29, 0.717) is 25.1 Å². The van der Waals surface area contributed by atoms with Gasteiger partial charge in [0.2, 0.25) is 5.82 Å². The molecule has 0 fully saturated rings. The molecule has 0 aliphatic heterocycles. The molecular formula is C19H22N4O2. The number of nitrogens with zero attached hydrogens (tertiary/aromatic N) is 3. The minimum atomic E-state index is -0.308. The first-order chi connectivity index (χ1) is 12.0. The molecule has 1 N–H and O–H groups in total. The van der Waals surface area contributed by atoms with E-state index >= 15 is 0 Å². The lowest BCUT2D eigenvalue weighted by molar-refractivity contribution is 0.0793. The zero-order valence-electron chi connectivity index (χ0n) is 14.5. The van der Waals surface area contributed by atoms with Crippen LogP contribution in [0.1, 0.15) is 38.7 Å². The number of aryl methyl sites for hydroxylation is 1. The molecule has 1 heterocycles. The van der Waals surface area contributed by atoms with Crippen LogP contribution >= 0.6 is 0 Å². The van der Waals surface area contributed by atoms with Gasteiger partial charge in [-0.2, -0.15) is 0 Å². The van der Waals surface area contributed by atoms with Gasteiger partial charge >= 0.3 is 0 Å². The zero-order chi connectivity index (χ0) is 18.2. The molecule has 6 heteroatoms. The molecule has 25 heavy (non-hydrogen) atoms. The lowest BCUT2D eigenvalue weighted by atomic mass is 10.1. The number of rotatable bonds is 7. The van der Waals surface area contributed by atoms with Crippen LogP contribution in [0.3, 0.4) is 0 Å². The van der Waals surface area contributed by atoms with Crippen molar-refractivity contribution in [3.8, 4) is 0 Å². The van der Waals surface area contributed by atoms with E-state index in [1.54, 1.807) is 49.3 Å². The van der Waals surface area contributed by atoms with Crippen molar-refractivity contribution < 1.29 is 9.59 Å². The fourth-order valence-electron chi connectivity index (χ4n) is 2.24. The van der Waals surface area contributed by atoms with Gasteiger partial charge in [-0.15, -0.1) is 0 Å². The minimum Gasteiger partial charge on any atom is -0.349 e. The predicted octanol–water partition coefficient (Wildman–Crippen LogP) is 2.32. The summed E-state index contributed by atoms with van der Waals surface area (Å²) in [4.78, 5) is 33.9. The van der Waals surface area contributed by atoms with Gasteiger partial charge in [0, 0.05) is 37.6 Å². The molecule has 0 saturated heterocycles.